The fourth-order valence-corrected chi connectivity index (χ4v) is 2.44. The first kappa shape index (κ1) is 15.1. The molecule has 0 aromatic heterocycles. The maximum Gasteiger partial charge on any atom is 0.228 e. The minimum absolute atomic E-state index is 0.0673. The van der Waals surface area contributed by atoms with Crippen molar-refractivity contribution >= 4 is 40.7 Å². The molecule has 2 unspecified atom stereocenters. The molecule has 0 heterocycles. The van der Waals surface area contributed by atoms with Crippen molar-refractivity contribution in [2.24, 2.45) is 11.8 Å². The summed E-state index contributed by atoms with van der Waals surface area (Å²) in [5.74, 6) is -0.760. The van der Waals surface area contributed by atoms with Gasteiger partial charge in [0.2, 0.25) is 11.8 Å². The first-order chi connectivity index (χ1) is 9.38. The Labute approximate surface area is 127 Å². The van der Waals surface area contributed by atoms with Crippen molar-refractivity contribution in [3.8, 4) is 0 Å². The smallest absolute Gasteiger partial charge is 0.228 e. The molecule has 0 aliphatic heterocycles. The maximum absolute atomic E-state index is 12.0. The number of rotatable bonds is 4. The lowest BCUT2D eigenvalue weighted by atomic mass is 10.2. The first-order valence-electron chi connectivity index (χ1n) is 6.44. The summed E-state index contributed by atoms with van der Waals surface area (Å²) >= 11 is 11.8. The Morgan fingerprint density at radius 2 is 1.85 bits per heavy atom. The standard InChI is InChI=1S/C14H16Cl2N2O2/c1-7(2)17-13(19)9-6-10(9)14(20)18-12-4-3-8(15)5-11(12)16/h3-5,7,9-10H,6H2,1-2H3,(H,17,19)(H,18,20). The van der Waals surface area contributed by atoms with E-state index >= 15 is 0 Å². The van der Waals surface area contributed by atoms with Crippen LogP contribution in [-0.4, -0.2) is 17.9 Å². The van der Waals surface area contributed by atoms with E-state index < -0.39 is 0 Å². The maximum atomic E-state index is 12.0. The van der Waals surface area contributed by atoms with Gasteiger partial charge >= 0.3 is 0 Å². The van der Waals surface area contributed by atoms with Gasteiger partial charge in [0.1, 0.15) is 0 Å². The van der Waals surface area contributed by atoms with Gasteiger partial charge in [0.25, 0.3) is 0 Å². The van der Waals surface area contributed by atoms with Gasteiger partial charge in [0.05, 0.1) is 22.5 Å². The number of amides is 2. The molecule has 4 nitrogen and oxygen atoms in total. The highest BCUT2D eigenvalue weighted by molar-refractivity contribution is 6.36. The van der Waals surface area contributed by atoms with E-state index in [1.54, 1.807) is 18.2 Å². The lowest BCUT2D eigenvalue weighted by molar-refractivity contribution is -0.125. The highest BCUT2D eigenvalue weighted by Crippen LogP contribution is 2.40. The highest BCUT2D eigenvalue weighted by Gasteiger charge is 2.48. The second-order valence-electron chi connectivity index (χ2n) is 5.23. The predicted molar refractivity (Wildman–Crippen MR) is 80.0 cm³/mol. The van der Waals surface area contributed by atoms with E-state index in [0.29, 0.717) is 22.2 Å². The Morgan fingerprint density at radius 3 is 2.45 bits per heavy atom. The van der Waals surface area contributed by atoms with Gasteiger partial charge in [-0.2, -0.15) is 0 Å². The Hall–Kier alpha value is -1.26. The molecule has 0 bridgehead atoms. The summed E-state index contributed by atoms with van der Waals surface area (Å²) in [5.41, 5.74) is 0.510. The molecule has 0 saturated heterocycles. The van der Waals surface area contributed by atoms with Gasteiger partial charge < -0.3 is 10.6 Å². The number of halogens is 2. The van der Waals surface area contributed by atoms with Crippen LogP contribution in [0.5, 0.6) is 0 Å². The summed E-state index contributed by atoms with van der Waals surface area (Å²) in [6, 6.07) is 4.94. The van der Waals surface area contributed by atoms with Gasteiger partial charge in [0.15, 0.2) is 0 Å². The quantitative estimate of drug-likeness (QED) is 0.897. The van der Waals surface area contributed by atoms with E-state index in [9.17, 15) is 9.59 Å². The average Bonchev–Trinajstić information content (AvgIpc) is 3.12. The SMILES string of the molecule is CC(C)NC(=O)C1CC1C(=O)Nc1ccc(Cl)cc1Cl. The lowest BCUT2D eigenvalue weighted by Crippen LogP contribution is -2.32. The second-order valence-corrected chi connectivity index (χ2v) is 6.07. The number of nitrogens with one attached hydrogen (secondary N) is 2. The molecule has 6 heteroatoms. The molecule has 0 spiro atoms. The van der Waals surface area contributed by atoms with Crippen molar-refractivity contribution < 1.29 is 9.59 Å². The van der Waals surface area contributed by atoms with Crippen molar-refractivity contribution in [1.82, 2.24) is 5.32 Å². The fraction of sp³-hybridized carbons (Fsp3) is 0.429. The number of anilines is 1. The van der Waals surface area contributed by atoms with E-state index in [4.69, 9.17) is 23.2 Å². The van der Waals surface area contributed by atoms with E-state index in [1.807, 2.05) is 13.8 Å². The van der Waals surface area contributed by atoms with Crippen molar-refractivity contribution in [3.05, 3.63) is 28.2 Å². The van der Waals surface area contributed by atoms with Crippen LogP contribution < -0.4 is 10.6 Å². The van der Waals surface area contributed by atoms with E-state index in [0.717, 1.165) is 0 Å². The third-order valence-corrected chi connectivity index (χ3v) is 3.63. The van der Waals surface area contributed by atoms with Crippen LogP contribution in [0.1, 0.15) is 20.3 Å². The molecule has 108 valence electrons. The molecule has 1 aromatic rings. The van der Waals surface area contributed by atoms with Crippen molar-refractivity contribution in [2.75, 3.05) is 5.32 Å². The van der Waals surface area contributed by atoms with Crippen LogP contribution in [0.3, 0.4) is 0 Å². The molecule has 1 saturated carbocycles. The zero-order chi connectivity index (χ0) is 14.9. The monoisotopic (exact) mass is 314 g/mol. The number of carbonyl (C=O) groups is 2. The van der Waals surface area contributed by atoms with Gasteiger partial charge in [-0.15, -0.1) is 0 Å². The summed E-state index contributed by atoms with van der Waals surface area (Å²) < 4.78 is 0. The van der Waals surface area contributed by atoms with Crippen LogP contribution >= 0.6 is 23.2 Å². The Morgan fingerprint density at radius 1 is 1.20 bits per heavy atom. The molecule has 20 heavy (non-hydrogen) atoms. The number of benzene rings is 1. The zero-order valence-corrected chi connectivity index (χ0v) is 12.8. The summed E-state index contributed by atoms with van der Waals surface area (Å²) in [6.07, 6.45) is 0.579. The molecule has 1 aliphatic rings. The van der Waals surface area contributed by atoms with Crippen LogP contribution in [-0.2, 0) is 9.59 Å². The molecule has 1 aromatic carbocycles. The topological polar surface area (TPSA) is 58.2 Å². The van der Waals surface area contributed by atoms with Crippen molar-refractivity contribution in [2.45, 2.75) is 26.3 Å². The normalized spacial score (nSPS) is 20.6. The fourth-order valence-electron chi connectivity index (χ4n) is 1.98. The number of carbonyl (C=O) groups excluding carboxylic acids is 2. The van der Waals surface area contributed by atoms with Crippen molar-refractivity contribution in [1.29, 1.82) is 0 Å². The molecular formula is C14H16Cl2N2O2. The average molecular weight is 315 g/mol. The van der Waals surface area contributed by atoms with Gasteiger partial charge in [-0.05, 0) is 38.5 Å². The van der Waals surface area contributed by atoms with Crippen LogP contribution in [0.4, 0.5) is 5.69 Å². The van der Waals surface area contributed by atoms with Gasteiger partial charge in [-0.1, -0.05) is 23.2 Å². The molecule has 1 fully saturated rings. The second kappa shape index (κ2) is 6.02. The minimum Gasteiger partial charge on any atom is -0.354 e. The number of hydrogen-bond donors (Lipinski definition) is 2. The first-order valence-corrected chi connectivity index (χ1v) is 7.20. The van der Waals surface area contributed by atoms with E-state index in [1.165, 1.54) is 0 Å². The van der Waals surface area contributed by atoms with Gasteiger partial charge in [-0.25, -0.2) is 0 Å². The molecular weight excluding hydrogens is 299 g/mol. The zero-order valence-electron chi connectivity index (χ0n) is 11.2. The molecule has 2 amide bonds. The van der Waals surface area contributed by atoms with Crippen molar-refractivity contribution in [3.63, 3.8) is 0 Å². The summed E-state index contributed by atoms with van der Waals surface area (Å²) in [4.78, 5) is 23.8. The number of hydrogen-bond acceptors (Lipinski definition) is 2. The molecule has 1 aliphatic carbocycles. The van der Waals surface area contributed by atoms with Crippen LogP contribution in [0.15, 0.2) is 18.2 Å². The minimum atomic E-state index is -0.277. The van der Waals surface area contributed by atoms with Gasteiger partial charge in [-0.3, -0.25) is 9.59 Å². The summed E-state index contributed by atoms with van der Waals surface area (Å²) in [5, 5.41) is 6.43. The third kappa shape index (κ3) is 3.64. The van der Waals surface area contributed by atoms with E-state index in [-0.39, 0.29) is 29.7 Å². The van der Waals surface area contributed by atoms with Crippen LogP contribution in [0.2, 0.25) is 10.0 Å². The van der Waals surface area contributed by atoms with Gasteiger partial charge in [0, 0.05) is 11.1 Å². The Kier molecular flexibility index (Phi) is 4.55. The van der Waals surface area contributed by atoms with Crippen LogP contribution in [0.25, 0.3) is 0 Å². The molecule has 0 radical (unpaired) electrons. The largest absolute Gasteiger partial charge is 0.354 e. The Balaban J connectivity index is 1.92. The Bertz CT molecular complexity index is 546. The lowest BCUT2D eigenvalue weighted by Gasteiger charge is -2.09. The summed E-state index contributed by atoms with van der Waals surface area (Å²) in [6.45, 7) is 3.78. The molecule has 2 rings (SSSR count). The van der Waals surface area contributed by atoms with Crippen LogP contribution in [0, 0.1) is 11.8 Å². The molecule has 2 atom stereocenters. The van der Waals surface area contributed by atoms with E-state index in [2.05, 4.69) is 10.6 Å². The molecule has 2 N–H and O–H groups in total. The summed E-state index contributed by atoms with van der Waals surface area (Å²) in [7, 11) is 0. The predicted octanol–water partition coefficient (Wildman–Crippen LogP) is 3.09. The third-order valence-electron chi connectivity index (χ3n) is 3.08. The highest BCUT2D eigenvalue weighted by atomic mass is 35.5.